The van der Waals surface area contributed by atoms with Crippen molar-refractivity contribution in [2.45, 2.75) is 39.4 Å². The van der Waals surface area contributed by atoms with E-state index in [9.17, 15) is 4.79 Å². The molecular weight excluding hydrogens is 180 g/mol. The summed E-state index contributed by atoms with van der Waals surface area (Å²) in [5.74, 6) is 0.0571. The molecule has 0 saturated heterocycles. The topological polar surface area (TPSA) is 35.5 Å². The molecule has 0 unspecified atom stereocenters. The fraction of sp³-hybridized carbons (Fsp3) is 0.727. The number of methoxy groups -OCH3 is 1. The van der Waals surface area contributed by atoms with Crippen LogP contribution in [-0.4, -0.2) is 25.1 Å². The van der Waals surface area contributed by atoms with E-state index in [2.05, 4.69) is 0 Å². The number of hydrogen-bond acceptors (Lipinski definition) is 3. The van der Waals surface area contributed by atoms with Gasteiger partial charge in [0.05, 0.1) is 18.3 Å². The van der Waals surface area contributed by atoms with Crippen molar-refractivity contribution < 1.29 is 14.3 Å². The third kappa shape index (κ3) is 1.98. The van der Waals surface area contributed by atoms with Gasteiger partial charge in [0, 0.05) is 12.7 Å². The SMILES string of the molecule is CC[C@H](OC)[C@H]1OC=C(C)C(=O)[C@H]1C. The summed E-state index contributed by atoms with van der Waals surface area (Å²) in [5, 5.41) is 0. The van der Waals surface area contributed by atoms with Crippen molar-refractivity contribution >= 4 is 5.78 Å². The van der Waals surface area contributed by atoms with E-state index >= 15 is 0 Å². The second-order valence-electron chi connectivity index (χ2n) is 3.74. The van der Waals surface area contributed by atoms with Gasteiger partial charge < -0.3 is 9.47 Å². The summed E-state index contributed by atoms with van der Waals surface area (Å²) in [5.41, 5.74) is 0.694. The van der Waals surface area contributed by atoms with Gasteiger partial charge in [-0.3, -0.25) is 4.79 Å². The van der Waals surface area contributed by atoms with Gasteiger partial charge in [0.2, 0.25) is 0 Å². The van der Waals surface area contributed by atoms with Gasteiger partial charge >= 0.3 is 0 Å². The summed E-state index contributed by atoms with van der Waals surface area (Å²) < 4.78 is 10.8. The maximum atomic E-state index is 11.7. The highest BCUT2D eigenvalue weighted by Crippen LogP contribution is 2.24. The van der Waals surface area contributed by atoms with Crippen LogP contribution in [0.3, 0.4) is 0 Å². The maximum absolute atomic E-state index is 11.7. The predicted octanol–water partition coefficient (Wildman–Crippen LogP) is 1.92. The highest BCUT2D eigenvalue weighted by molar-refractivity contribution is 5.97. The van der Waals surface area contributed by atoms with E-state index in [0.717, 1.165) is 6.42 Å². The Morgan fingerprint density at radius 1 is 1.64 bits per heavy atom. The minimum absolute atomic E-state index is 0.00157. The van der Waals surface area contributed by atoms with Crippen molar-refractivity contribution in [1.29, 1.82) is 0 Å². The third-order valence-electron chi connectivity index (χ3n) is 2.77. The van der Waals surface area contributed by atoms with Crippen LogP contribution in [0.15, 0.2) is 11.8 Å². The van der Waals surface area contributed by atoms with Crippen LogP contribution in [0.5, 0.6) is 0 Å². The molecule has 0 saturated carbocycles. The molecule has 1 aliphatic rings. The molecule has 3 heteroatoms. The zero-order valence-electron chi connectivity index (χ0n) is 9.24. The van der Waals surface area contributed by atoms with E-state index in [1.165, 1.54) is 0 Å². The Kier molecular flexibility index (Phi) is 3.69. The summed E-state index contributed by atoms with van der Waals surface area (Å²) in [6.45, 7) is 5.70. The van der Waals surface area contributed by atoms with Crippen LogP contribution in [0, 0.1) is 5.92 Å². The fourth-order valence-electron chi connectivity index (χ4n) is 1.81. The Morgan fingerprint density at radius 2 is 2.29 bits per heavy atom. The first-order valence-corrected chi connectivity index (χ1v) is 5.01. The molecule has 1 rings (SSSR count). The van der Waals surface area contributed by atoms with Crippen molar-refractivity contribution in [3.05, 3.63) is 11.8 Å². The lowest BCUT2D eigenvalue weighted by Crippen LogP contribution is -2.41. The van der Waals surface area contributed by atoms with Crippen LogP contribution in [0.2, 0.25) is 0 Å². The van der Waals surface area contributed by atoms with Crippen molar-refractivity contribution in [3.8, 4) is 0 Å². The maximum Gasteiger partial charge on any atom is 0.168 e. The summed E-state index contributed by atoms with van der Waals surface area (Å²) in [7, 11) is 1.65. The van der Waals surface area contributed by atoms with Crippen LogP contribution in [-0.2, 0) is 14.3 Å². The first-order chi connectivity index (χ1) is 6.61. The van der Waals surface area contributed by atoms with Gasteiger partial charge in [-0.2, -0.15) is 0 Å². The molecule has 80 valence electrons. The molecule has 0 spiro atoms. The van der Waals surface area contributed by atoms with E-state index in [1.807, 2.05) is 13.8 Å². The molecule has 3 atom stereocenters. The van der Waals surface area contributed by atoms with E-state index < -0.39 is 0 Å². The van der Waals surface area contributed by atoms with E-state index in [4.69, 9.17) is 9.47 Å². The van der Waals surface area contributed by atoms with Crippen molar-refractivity contribution in [1.82, 2.24) is 0 Å². The van der Waals surface area contributed by atoms with Gasteiger partial charge in [-0.05, 0) is 13.3 Å². The summed E-state index contributed by atoms with van der Waals surface area (Å²) in [6, 6.07) is 0. The molecule has 3 nitrogen and oxygen atoms in total. The number of Topliss-reactive ketones (excluding diaryl/α,β-unsaturated/α-hetero) is 1. The lowest BCUT2D eigenvalue weighted by molar-refractivity contribution is -0.130. The van der Waals surface area contributed by atoms with Crippen molar-refractivity contribution in [3.63, 3.8) is 0 Å². The highest BCUT2D eigenvalue weighted by Gasteiger charge is 2.35. The van der Waals surface area contributed by atoms with Crippen LogP contribution in [0.1, 0.15) is 27.2 Å². The van der Waals surface area contributed by atoms with Crippen molar-refractivity contribution in [2.24, 2.45) is 5.92 Å². The Morgan fingerprint density at radius 3 is 2.79 bits per heavy atom. The molecule has 0 N–H and O–H groups in total. The minimum atomic E-state index is -0.138. The van der Waals surface area contributed by atoms with Gasteiger partial charge in [0.25, 0.3) is 0 Å². The molecule has 0 aromatic carbocycles. The summed E-state index contributed by atoms with van der Waals surface area (Å²) in [4.78, 5) is 11.7. The zero-order chi connectivity index (χ0) is 10.7. The number of hydrogen-bond donors (Lipinski definition) is 0. The number of ether oxygens (including phenoxy) is 2. The van der Waals surface area contributed by atoms with E-state index in [1.54, 1.807) is 20.3 Å². The normalized spacial score (nSPS) is 29.4. The molecule has 1 heterocycles. The molecule has 14 heavy (non-hydrogen) atoms. The Balaban J connectivity index is 2.78. The van der Waals surface area contributed by atoms with E-state index in [0.29, 0.717) is 5.57 Å². The monoisotopic (exact) mass is 198 g/mol. The smallest absolute Gasteiger partial charge is 0.168 e. The second-order valence-corrected chi connectivity index (χ2v) is 3.74. The number of ketones is 1. The van der Waals surface area contributed by atoms with Gasteiger partial charge in [0.15, 0.2) is 5.78 Å². The molecule has 0 amide bonds. The molecule has 0 aliphatic carbocycles. The average Bonchev–Trinajstić information content (AvgIpc) is 2.19. The average molecular weight is 198 g/mol. The Hall–Kier alpha value is -0.830. The number of carbonyl (C=O) groups excluding carboxylic acids is 1. The number of rotatable bonds is 3. The van der Waals surface area contributed by atoms with Crippen molar-refractivity contribution in [2.75, 3.05) is 7.11 Å². The van der Waals surface area contributed by atoms with Crippen LogP contribution >= 0.6 is 0 Å². The first-order valence-electron chi connectivity index (χ1n) is 5.01. The van der Waals surface area contributed by atoms with Crippen LogP contribution in [0.4, 0.5) is 0 Å². The summed E-state index contributed by atoms with van der Waals surface area (Å²) >= 11 is 0. The van der Waals surface area contributed by atoms with Gasteiger partial charge in [0.1, 0.15) is 6.10 Å². The molecule has 0 bridgehead atoms. The fourth-order valence-corrected chi connectivity index (χ4v) is 1.81. The minimum Gasteiger partial charge on any atom is -0.494 e. The molecule has 1 aliphatic heterocycles. The lowest BCUT2D eigenvalue weighted by atomic mass is 9.89. The molecule has 0 aromatic heterocycles. The first kappa shape index (κ1) is 11.2. The van der Waals surface area contributed by atoms with Gasteiger partial charge in [-0.1, -0.05) is 13.8 Å². The van der Waals surface area contributed by atoms with Crippen LogP contribution in [0.25, 0.3) is 0 Å². The Labute approximate surface area is 85.1 Å². The largest absolute Gasteiger partial charge is 0.494 e. The van der Waals surface area contributed by atoms with Gasteiger partial charge in [-0.25, -0.2) is 0 Å². The predicted molar refractivity (Wildman–Crippen MR) is 53.9 cm³/mol. The molecule has 0 radical (unpaired) electrons. The highest BCUT2D eigenvalue weighted by atomic mass is 16.5. The molecule has 0 fully saturated rings. The second kappa shape index (κ2) is 4.60. The standard InChI is InChI=1S/C11H18O3/c1-5-9(13-4)11-8(3)10(12)7(2)6-14-11/h6,8-9,11H,5H2,1-4H3/t8-,9+,11+/m1/s1. The van der Waals surface area contributed by atoms with Gasteiger partial charge in [-0.15, -0.1) is 0 Å². The quantitative estimate of drug-likeness (QED) is 0.695. The summed E-state index contributed by atoms with van der Waals surface area (Å²) in [6.07, 6.45) is 2.26. The molecule has 0 aromatic rings. The number of carbonyl (C=O) groups is 1. The zero-order valence-corrected chi connectivity index (χ0v) is 9.24. The third-order valence-corrected chi connectivity index (χ3v) is 2.77. The lowest BCUT2D eigenvalue weighted by Gasteiger charge is -2.32. The van der Waals surface area contributed by atoms with Crippen LogP contribution < -0.4 is 0 Å². The van der Waals surface area contributed by atoms with E-state index in [-0.39, 0.29) is 23.9 Å². The Bertz CT molecular complexity index is 241. The molecular formula is C11H18O3. The number of allylic oxidation sites excluding steroid dienone is 1.